The SMILES string of the molecule is CCOC(=O)c1c(-c2ccccc2)c(-c2ccccc2)nn(Cc2ccc(Cl)cc2)c1=O. The van der Waals surface area contributed by atoms with Crippen LogP contribution in [-0.4, -0.2) is 22.4 Å². The van der Waals surface area contributed by atoms with Gasteiger partial charge in [0.25, 0.3) is 5.56 Å². The van der Waals surface area contributed by atoms with Gasteiger partial charge in [-0.05, 0) is 30.2 Å². The Kier molecular flexibility index (Phi) is 6.47. The average Bonchev–Trinajstić information content (AvgIpc) is 2.82. The highest BCUT2D eigenvalue weighted by atomic mass is 35.5. The van der Waals surface area contributed by atoms with Crippen molar-refractivity contribution in [2.45, 2.75) is 13.5 Å². The van der Waals surface area contributed by atoms with Crippen LogP contribution < -0.4 is 5.56 Å². The van der Waals surface area contributed by atoms with Gasteiger partial charge >= 0.3 is 5.97 Å². The molecule has 0 saturated carbocycles. The molecule has 32 heavy (non-hydrogen) atoms. The Bertz CT molecular complexity index is 1280. The van der Waals surface area contributed by atoms with Crippen LogP contribution in [0.1, 0.15) is 22.8 Å². The van der Waals surface area contributed by atoms with Crippen molar-refractivity contribution < 1.29 is 9.53 Å². The number of halogens is 1. The number of carbonyl (C=O) groups excluding carboxylic acids is 1. The summed E-state index contributed by atoms with van der Waals surface area (Å²) in [4.78, 5) is 26.5. The lowest BCUT2D eigenvalue weighted by Crippen LogP contribution is -2.31. The molecule has 1 aromatic heterocycles. The third-order valence-corrected chi connectivity index (χ3v) is 5.24. The number of aromatic nitrogens is 2. The summed E-state index contributed by atoms with van der Waals surface area (Å²) >= 11 is 6.00. The highest BCUT2D eigenvalue weighted by Gasteiger charge is 2.26. The fraction of sp³-hybridized carbons (Fsp3) is 0.115. The van der Waals surface area contributed by atoms with Crippen LogP contribution in [0.4, 0.5) is 0 Å². The van der Waals surface area contributed by atoms with Crippen molar-refractivity contribution in [3.05, 3.63) is 111 Å². The van der Waals surface area contributed by atoms with Crippen molar-refractivity contribution in [2.24, 2.45) is 0 Å². The summed E-state index contributed by atoms with van der Waals surface area (Å²) < 4.78 is 6.60. The minimum Gasteiger partial charge on any atom is -0.462 e. The molecule has 0 aliphatic heterocycles. The van der Waals surface area contributed by atoms with E-state index in [4.69, 9.17) is 21.4 Å². The van der Waals surface area contributed by atoms with Gasteiger partial charge in [-0.25, -0.2) is 9.48 Å². The largest absolute Gasteiger partial charge is 0.462 e. The van der Waals surface area contributed by atoms with Crippen LogP contribution in [0.5, 0.6) is 0 Å². The molecule has 0 fully saturated rings. The van der Waals surface area contributed by atoms with Gasteiger partial charge in [0, 0.05) is 16.1 Å². The summed E-state index contributed by atoms with van der Waals surface area (Å²) in [6.45, 7) is 2.07. The van der Waals surface area contributed by atoms with Crippen LogP contribution in [0.15, 0.2) is 89.7 Å². The van der Waals surface area contributed by atoms with E-state index in [1.54, 1.807) is 19.1 Å². The molecule has 0 N–H and O–H groups in total. The highest BCUT2D eigenvalue weighted by Crippen LogP contribution is 2.32. The number of benzene rings is 3. The monoisotopic (exact) mass is 444 g/mol. The van der Waals surface area contributed by atoms with Crippen molar-refractivity contribution >= 4 is 17.6 Å². The van der Waals surface area contributed by atoms with Crippen molar-refractivity contribution in [3.63, 3.8) is 0 Å². The van der Waals surface area contributed by atoms with Gasteiger partial charge in [0.15, 0.2) is 0 Å². The molecule has 0 amide bonds. The fourth-order valence-corrected chi connectivity index (χ4v) is 3.64. The van der Waals surface area contributed by atoms with Gasteiger partial charge in [0.05, 0.1) is 18.8 Å². The smallest absolute Gasteiger partial charge is 0.344 e. The molecule has 0 aliphatic carbocycles. The van der Waals surface area contributed by atoms with Crippen LogP contribution in [-0.2, 0) is 11.3 Å². The van der Waals surface area contributed by atoms with Crippen LogP contribution in [0.25, 0.3) is 22.4 Å². The first kappa shape index (κ1) is 21.5. The molecule has 0 unspecified atom stereocenters. The molecule has 1 heterocycles. The lowest BCUT2D eigenvalue weighted by atomic mass is 9.95. The van der Waals surface area contributed by atoms with E-state index in [1.165, 1.54) is 4.68 Å². The second kappa shape index (κ2) is 9.62. The lowest BCUT2D eigenvalue weighted by Gasteiger charge is -2.17. The summed E-state index contributed by atoms with van der Waals surface area (Å²) in [6, 6.07) is 26.0. The number of esters is 1. The Labute approximate surface area is 190 Å². The van der Waals surface area contributed by atoms with E-state index < -0.39 is 11.5 Å². The van der Waals surface area contributed by atoms with Crippen molar-refractivity contribution in [1.82, 2.24) is 9.78 Å². The Balaban J connectivity index is 2.01. The van der Waals surface area contributed by atoms with E-state index in [1.807, 2.05) is 72.8 Å². The molecule has 0 spiro atoms. The maximum absolute atomic E-state index is 13.5. The van der Waals surface area contributed by atoms with Gasteiger partial charge in [-0.15, -0.1) is 0 Å². The normalized spacial score (nSPS) is 10.7. The van der Waals surface area contributed by atoms with Gasteiger partial charge in [0.2, 0.25) is 0 Å². The van der Waals surface area contributed by atoms with E-state index in [2.05, 4.69) is 0 Å². The molecular weight excluding hydrogens is 424 g/mol. The summed E-state index contributed by atoms with van der Waals surface area (Å²) in [7, 11) is 0. The molecule has 0 saturated heterocycles. The van der Waals surface area contributed by atoms with E-state index in [0.717, 1.165) is 16.7 Å². The minimum atomic E-state index is -0.666. The van der Waals surface area contributed by atoms with Gasteiger partial charge in [-0.2, -0.15) is 5.10 Å². The van der Waals surface area contributed by atoms with E-state index in [0.29, 0.717) is 16.3 Å². The Hall–Kier alpha value is -3.70. The van der Waals surface area contributed by atoms with Gasteiger partial charge in [-0.3, -0.25) is 4.79 Å². The summed E-state index contributed by atoms with van der Waals surface area (Å²) in [5.41, 5.74) is 2.82. The maximum Gasteiger partial charge on any atom is 0.344 e. The Morgan fingerprint density at radius 3 is 2.09 bits per heavy atom. The van der Waals surface area contributed by atoms with E-state index in [9.17, 15) is 9.59 Å². The summed E-state index contributed by atoms with van der Waals surface area (Å²) in [6.07, 6.45) is 0. The predicted molar refractivity (Wildman–Crippen MR) is 126 cm³/mol. The first-order chi connectivity index (χ1) is 15.6. The van der Waals surface area contributed by atoms with Crippen molar-refractivity contribution in [3.8, 4) is 22.4 Å². The standard InChI is InChI=1S/C26H21ClN2O3/c1-2-32-26(31)23-22(19-9-5-3-6-10-19)24(20-11-7-4-8-12-20)28-29(25(23)30)17-18-13-15-21(27)16-14-18/h3-16H,2,17H2,1H3. The molecule has 6 heteroatoms. The number of nitrogens with zero attached hydrogens (tertiary/aromatic N) is 2. The van der Waals surface area contributed by atoms with Crippen molar-refractivity contribution in [1.29, 1.82) is 0 Å². The van der Waals surface area contributed by atoms with E-state index in [-0.39, 0.29) is 18.7 Å². The van der Waals surface area contributed by atoms with E-state index >= 15 is 0 Å². The number of hydrogen-bond acceptors (Lipinski definition) is 4. The quantitative estimate of drug-likeness (QED) is 0.371. The van der Waals surface area contributed by atoms with Gasteiger partial charge in [-0.1, -0.05) is 84.4 Å². The predicted octanol–water partition coefficient (Wildman–Crippen LogP) is 5.46. The molecule has 0 aliphatic rings. The van der Waals surface area contributed by atoms with Crippen LogP contribution in [0, 0.1) is 0 Å². The molecular formula is C26H21ClN2O3. The molecule has 0 radical (unpaired) electrons. The number of hydrogen-bond donors (Lipinski definition) is 0. The second-order valence-electron chi connectivity index (χ2n) is 7.14. The van der Waals surface area contributed by atoms with Gasteiger partial charge in [0.1, 0.15) is 5.56 Å². The zero-order valence-electron chi connectivity index (χ0n) is 17.5. The molecule has 0 bridgehead atoms. The second-order valence-corrected chi connectivity index (χ2v) is 7.58. The molecule has 4 rings (SSSR count). The third kappa shape index (κ3) is 4.48. The molecule has 3 aromatic carbocycles. The van der Waals surface area contributed by atoms with Crippen LogP contribution in [0.2, 0.25) is 5.02 Å². The Morgan fingerprint density at radius 2 is 1.50 bits per heavy atom. The first-order valence-corrected chi connectivity index (χ1v) is 10.6. The zero-order chi connectivity index (χ0) is 22.5. The molecule has 160 valence electrons. The zero-order valence-corrected chi connectivity index (χ0v) is 18.3. The van der Waals surface area contributed by atoms with Crippen molar-refractivity contribution in [2.75, 3.05) is 6.61 Å². The number of ether oxygens (including phenoxy) is 1. The lowest BCUT2D eigenvalue weighted by molar-refractivity contribution is 0.0524. The molecule has 4 aromatic rings. The summed E-state index contributed by atoms with van der Waals surface area (Å²) in [5.74, 6) is -0.666. The number of carbonyl (C=O) groups is 1. The topological polar surface area (TPSA) is 61.2 Å². The highest BCUT2D eigenvalue weighted by molar-refractivity contribution is 6.30. The van der Waals surface area contributed by atoms with Crippen LogP contribution in [0.3, 0.4) is 0 Å². The molecule has 0 atom stereocenters. The maximum atomic E-state index is 13.5. The van der Waals surface area contributed by atoms with Gasteiger partial charge < -0.3 is 4.74 Å². The Morgan fingerprint density at radius 1 is 0.906 bits per heavy atom. The molecule has 5 nitrogen and oxygen atoms in total. The minimum absolute atomic E-state index is 0.0270. The first-order valence-electron chi connectivity index (χ1n) is 10.3. The third-order valence-electron chi connectivity index (χ3n) is 4.99. The summed E-state index contributed by atoms with van der Waals surface area (Å²) in [5, 5.41) is 5.31. The van der Waals surface area contributed by atoms with Crippen LogP contribution >= 0.6 is 11.6 Å². The average molecular weight is 445 g/mol. The fourth-order valence-electron chi connectivity index (χ4n) is 3.52. The number of rotatable bonds is 6.